The minimum atomic E-state index is -0.0669. The Bertz CT molecular complexity index is 273. The fourth-order valence-corrected chi connectivity index (χ4v) is 2.34. The second-order valence-corrected chi connectivity index (χ2v) is 5.15. The fourth-order valence-electron chi connectivity index (χ4n) is 2.34. The molecule has 0 radical (unpaired) electrons. The third kappa shape index (κ3) is 6.59. The van der Waals surface area contributed by atoms with Gasteiger partial charge in [0.2, 0.25) is 11.8 Å². The van der Waals surface area contributed by atoms with Crippen LogP contribution in [-0.2, 0) is 9.59 Å². The average Bonchev–Trinajstić information content (AvgIpc) is 2.34. The van der Waals surface area contributed by atoms with Crippen LogP contribution in [0.3, 0.4) is 0 Å². The summed E-state index contributed by atoms with van der Waals surface area (Å²) in [5.74, 6) is 0.670. The molecule has 0 aromatic heterocycles. The summed E-state index contributed by atoms with van der Waals surface area (Å²) < 4.78 is 0. The van der Waals surface area contributed by atoms with Gasteiger partial charge in [0.15, 0.2) is 0 Å². The number of nitrogens with one attached hydrogen (secondary N) is 2. The van der Waals surface area contributed by atoms with Gasteiger partial charge in [-0.1, -0.05) is 0 Å². The van der Waals surface area contributed by atoms with Gasteiger partial charge >= 0.3 is 0 Å². The minimum Gasteiger partial charge on any atom is -0.355 e. The molecular weight excluding hydrogens is 230 g/mol. The van der Waals surface area contributed by atoms with Crippen molar-refractivity contribution in [3.63, 3.8) is 0 Å². The maximum Gasteiger partial charge on any atom is 0.220 e. The van der Waals surface area contributed by atoms with Crippen LogP contribution in [0.2, 0.25) is 0 Å². The molecule has 0 heterocycles. The van der Waals surface area contributed by atoms with E-state index in [-0.39, 0.29) is 11.8 Å². The lowest BCUT2D eigenvalue weighted by Gasteiger charge is -2.25. The summed E-state index contributed by atoms with van der Waals surface area (Å²) >= 11 is 0. The van der Waals surface area contributed by atoms with E-state index >= 15 is 0 Å². The third-order valence-electron chi connectivity index (χ3n) is 3.49. The molecule has 0 spiro atoms. The summed E-state index contributed by atoms with van der Waals surface area (Å²) in [6, 6.07) is 0.368. The third-order valence-corrected chi connectivity index (χ3v) is 3.49. The molecular formula is C13H25N3O2. The highest BCUT2D eigenvalue weighted by atomic mass is 16.2. The number of amides is 2. The van der Waals surface area contributed by atoms with Crippen LogP contribution in [0.4, 0.5) is 0 Å². The molecule has 0 atom stereocenters. The van der Waals surface area contributed by atoms with Crippen LogP contribution in [-0.4, -0.2) is 30.9 Å². The lowest BCUT2D eigenvalue weighted by molar-refractivity contribution is -0.122. The highest BCUT2D eigenvalue weighted by molar-refractivity contribution is 5.76. The smallest absolute Gasteiger partial charge is 0.220 e. The molecule has 1 rings (SSSR count). The summed E-state index contributed by atoms with van der Waals surface area (Å²) in [5.41, 5.74) is 5.84. The summed E-state index contributed by atoms with van der Waals surface area (Å²) in [7, 11) is 0. The van der Waals surface area contributed by atoms with Crippen LogP contribution >= 0.6 is 0 Å². The van der Waals surface area contributed by atoms with Gasteiger partial charge in [0.1, 0.15) is 0 Å². The van der Waals surface area contributed by atoms with Crippen molar-refractivity contribution >= 4 is 11.8 Å². The van der Waals surface area contributed by atoms with Gasteiger partial charge in [-0.15, -0.1) is 0 Å². The van der Waals surface area contributed by atoms with E-state index in [1.165, 1.54) is 6.92 Å². The highest BCUT2D eigenvalue weighted by Gasteiger charge is 2.18. The van der Waals surface area contributed by atoms with E-state index in [4.69, 9.17) is 5.73 Å². The quantitative estimate of drug-likeness (QED) is 0.606. The molecule has 104 valence electrons. The first-order valence-corrected chi connectivity index (χ1v) is 6.84. The lowest BCUT2D eigenvalue weighted by atomic mass is 9.84. The average molecular weight is 255 g/mol. The normalized spacial score (nSPS) is 23.4. The van der Waals surface area contributed by atoms with E-state index in [9.17, 15) is 9.59 Å². The number of hydrogen-bond acceptors (Lipinski definition) is 3. The van der Waals surface area contributed by atoms with Gasteiger partial charge in [-0.25, -0.2) is 0 Å². The van der Waals surface area contributed by atoms with Crippen LogP contribution in [0, 0.1) is 5.92 Å². The number of rotatable bonds is 6. The summed E-state index contributed by atoms with van der Waals surface area (Å²) in [6.45, 7) is 2.48. The van der Waals surface area contributed by atoms with Crippen molar-refractivity contribution in [3.05, 3.63) is 0 Å². The molecule has 5 nitrogen and oxygen atoms in total. The summed E-state index contributed by atoms with van der Waals surface area (Å²) in [6.07, 6.45) is 6.03. The molecule has 4 N–H and O–H groups in total. The van der Waals surface area contributed by atoms with Crippen LogP contribution in [0.1, 0.15) is 45.4 Å². The Morgan fingerprint density at radius 1 is 1.11 bits per heavy atom. The van der Waals surface area contributed by atoms with Gasteiger partial charge in [-0.2, -0.15) is 0 Å². The fraction of sp³-hybridized carbons (Fsp3) is 0.846. The Balaban J connectivity index is 2.01. The first kappa shape index (κ1) is 15.0. The Morgan fingerprint density at radius 3 is 2.33 bits per heavy atom. The van der Waals surface area contributed by atoms with E-state index in [0.717, 1.165) is 32.1 Å². The minimum absolute atomic E-state index is 0.0669. The van der Waals surface area contributed by atoms with Crippen LogP contribution in [0.15, 0.2) is 0 Å². The van der Waals surface area contributed by atoms with Crippen LogP contribution in [0.25, 0.3) is 0 Å². The molecule has 1 fully saturated rings. The van der Waals surface area contributed by atoms with Crippen molar-refractivity contribution in [3.8, 4) is 0 Å². The molecule has 18 heavy (non-hydrogen) atoms. The number of carbonyl (C=O) groups excluding carboxylic acids is 2. The first-order valence-electron chi connectivity index (χ1n) is 6.84. The molecule has 1 aliphatic carbocycles. The predicted octanol–water partition coefficient (Wildman–Crippen LogP) is 0.536. The van der Waals surface area contributed by atoms with Crippen molar-refractivity contribution in [1.82, 2.24) is 10.6 Å². The second-order valence-electron chi connectivity index (χ2n) is 5.15. The molecule has 0 aliphatic heterocycles. The zero-order valence-corrected chi connectivity index (χ0v) is 11.2. The van der Waals surface area contributed by atoms with Gasteiger partial charge in [0, 0.05) is 32.5 Å². The number of hydrogen-bond donors (Lipinski definition) is 3. The van der Waals surface area contributed by atoms with Gasteiger partial charge in [-0.05, 0) is 38.0 Å². The van der Waals surface area contributed by atoms with Crippen molar-refractivity contribution in [2.75, 3.05) is 13.1 Å². The molecule has 1 aliphatic rings. The second kappa shape index (κ2) is 8.08. The van der Waals surface area contributed by atoms with Crippen LogP contribution in [0.5, 0.6) is 0 Å². The maximum atomic E-state index is 11.5. The number of nitrogens with two attached hydrogens (primary N) is 1. The molecule has 2 amide bonds. The monoisotopic (exact) mass is 255 g/mol. The first-order chi connectivity index (χ1) is 8.58. The summed E-state index contributed by atoms with van der Waals surface area (Å²) in [5, 5.41) is 5.45. The van der Waals surface area contributed by atoms with Gasteiger partial charge in [0.25, 0.3) is 0 Å². The van der Waals surface area contributed by atoms with Crippen molar-refractivity contribution in [2.45, 2.75) is 51.5 Å². The SMILES string of the molecule is CC(=O)NCCNC(=O)CCC1CCC(N)CC1. The van der Waals surface area contributed by atoms with E-state index in [2.05, 4.69) is 10.6 Å². The van der Waals surface area contributed by atoms with Crippen molar-refractivity contribution < 1.29 is 9.59 Å². The molecule has 1 saturated carbocycles. The van der Waals surface area contributed by atoms with E-state index in [1.807, 2.05) is 0 Å². The van der Waals surface area contributed by atoms with Crippen LogP contribution < -0.4 is 16.4 Å². The largest absolute Gasteiger partial charge is 0.355 e. The zero-order valence-electron chi connectivity index (χ0n) is 11.2. The Morgan fingerprint density at radius 2 is 1.72 bits per heavy atom. The molecule has 0 aromatic rings. The van der Waals surface area contributed by atoms with Crippen molar-refractivity contribution in [2.24, 2.45) is 11.7 Å². The van der Waals surface area contributed by atoms with Gasteiger partial charge < -0.3 is 16.4 Å². The lowest BCUT2D eigenvalue weighted by Crippen LogP contribution is -2.34. The molecule has 5 heteroatoms. The predicted molar refractivity (Wildman–Crippen MR) is 70.9 cm³/mol. The highest BCUT2D eigenvalue weighted by Crippen LogP contribution is 2.26. The van der Waals surface area contributed by atoms with Crippen molar-refractivity contribution in [1.29, 1.82) is 0 Å². The van der Waals surface area contributed by atoms with Gasteiger partial charge in [-0.3, -0.25) is 9.59 Å². The topological polar surface area (TPSA) is 84.2 Å². The molecule has 0 bridgehead atoms. The molecule has 0 aromatic carbocycles. The summed E-state index contributed by atoms with van der Waals surface area (Å²) in [4.78, 5) is 22.2. The number of carbonyl (C=O) groups is 2. The van der Waals surface area contributed by atoms with E-state index in [0.29, 0.717) is 31.5 Å². The van der Waals surface area contributed by atoms with E-state index < -0.39 is 0 Å². The standard InChI is InChI=1S/C13H25N3O2/c1-10(17)15-8-9-16-13(18)7-4-11-2-5-12(14)6-3-11/h11-12H,2-9,14H2,1H3,(H,15,17)(H,16,18). The van der Waals surface area contributed by atoms with E-state index in [1.54, 1.807) is 0 Å². The Labute approximate surface area is 109 Å². The van der Waals surface area contributed by atoms with Gasteiger partial charge in [0.05, 0.1) is 0 Å². The Kier molecular flexibility index (Phi) is 6.72. The Hall–Kier alpha value is -1.10. The molecule has 0 saturated heterocycles. The molecule has 0 unspecified atom stereocenters. The zero-order chi connectivity index (χ0) is 13.4. The maximum absolute atomic E-state index is 11.5.